The predicted molar refractivity (Wildman–Crippen MR) is 35.7 cm³/mol. The Balaban J connectivity index is 3.53. The summed E-state index contributed by atoms with van der Waals surface area (Å²) in [5.41, 5.74) is -5.15. The molecule has 17 heavy (non-hydrogen) atoms. The van der Waals surface area contributed by atoms with Gasteiger partial charge in [-0.3, -0.25) is 4.57 Å². The van der Waals surface area contributed by atoms with E-state index < -0.39 is 34.5 Å². The maximum atomic E-state index is 12.2. The molecule has 0 amide bonds. The fourth-order valence-corrected chi connectivity index (χ4v) is 1.16. The first-order valence-electron chi connectivity index (χ1n) is 3.78. The van der Waals surface area contributed by atoms with Gasteiger partial charge in [0.25, 0.3) is 0 Å². The van der Waals surface area contributed by atoms with E-state index in [-0.39, 0.29) is 12.3 Å². The van der Waals surface area contributed by atoms with Gasteiger partial charge in [0.2, 0.25) is 0 Å². The van der Waals surface area contributed by atoms with E-state index >= 15 is 0 Å². The molecule has 0 aliphatic heterocycles. The van der Waals surface area contributed by atoms with Crippen LogP contribution in [0.5, 0.6) is 0 Å². The van der Waals surface area contributed by atoms with Crippen molar-refractivity contribution in [1.29, 1.82) is 0 Å². The van der Waals surface area contributed by atoms with Gasteiger partial charge in [-0.05, 0) is 6.07 Å². The number of halogens is 9. The Morgan fingerprint density at radius 3 is 1.53 bits per heavy atom. The Kier molecular flexibility index (Phi) is 2.88. The van der Waals surface area contributed by atoms with E-state index in [1.54, 1.807) is 0 Å². The zero-order chi connectivity index (χ0) is 13.6. The summed E-state index contributed by atoms with van der Waals surface area (Å²) in [7, 11) is 0. The second-order valence-electron chi connectivity index (χ2n) is 2.91. The average molecular weight is 271 g/mol. The molecule has 1 heterocycles. The first-order chi connectivity index (χ1) is 7.35. The van der Waals surface area contributed by atoms with Gasteiger partial charge in [0.1, 0.15) is 5.69 Å². The second-order valence-corrected chi connectivity index (χ2v) is 2.91. The van der Waals surface area contributed by atoms with Crippen molar-refractivity contribution < 1.29 is 39.5 Å². The molecular formula is C7H2F9N. The molecule has 0 saturated heterocycles. The Labute approximate surface area is 87.4 Å². The summed E-state index contributed by atoms with van der Waals surface area (Å²) >= 11 is 0. The summed E-state index contributed by atoms with van der Waals surface area (Å²) in [6, 6.07) is -0.268. The summed E-state index contributed by atoms with van der Waals surface area (Å²) < 4.78 is 108. The predicted octanol–water partition coefficient (Wildman–Crippen LogP) is 4.00. The molecule has 0 unspecified atom stereocenters. The van der Waals surface area contributed by atoms with Gasteiger partial charge in [0.15, 0.2) is 0 Å². The van der Waals surface area contributed by atoms with Crippen LogP contribution in [0.2, 0.25) is 0 Å². The van der Waals surface area contributed by atoms with Crippen molar-refractivity contribution in [3.8, 4) is 0 Å². The lowest BCUT2D eigenvalue weighted by molar-refractivity contribution is -0.224. The molecule has 10 heteroatoms. The van der Waals surface area contributed by atoms with Crippen LogP contribution in [0.15, 0.2) is 12.3 Å². The van der Waals surface area contributed by atoms with Crippen molar-refractivity contribution in [1.82, 2.24) is 4.57 Å². The van der Waals surface area contributed by atoms with Gasteiger partial charge >= 0.3 is 18.7 Å². The highest BCUT2D eigenvalue weighted by molar-refractivity contribution is 5.28. The summed E-state index contributed by atoms with van der Waals surface area (Å²) in [4.78, 5) is 0. The summed E-state index contributed by atoms with van der Waals surface area (Å²) in [6.45, 7) is 0. The fraction of sp³-hybridized carbons (Fsp3) is 0.429. The highest BCUT2D eigenvalue weighted by atomic mass is 19.4. The van der Waals surface area contributed by atoms with E-state index in [2.05, 4.69) is 0 Å². The van der Waals surface area contributed by atoms with Gasteiger partial charge in [-0.25, -0.2) is 0 Å². The third kappa shape index (κ3) is 2.67. The number of rotatable bonds is 0. The Hall–Kier alpha value is -1.35. The lowest BCUT2D eigenvalue weighted by Crippen LogP contribution is -2.26. The SMILES string of the molecule is FC(F)(F)c1ccn(C(F)(F)F)c1C(F)(F)F. The molecule has 0 radical (unpaired) electrons. The number of nitrogens with zero attached hydrogens (tertiary/aromatic N) is 1. The van der Waals surface area contributed by atoms with Gasteiger partial charge in [-0.1, -0.05) is 0 Å². The van der Waals surface area contributed by atoms with Crippen molar-refractivity contribution >= 4 is 0 Å². The standard InChI is InChI=1S/C7H2F9N/c8-5(9,10)3-1-2-17(7(14,15)16)4(3)6(11,12)13/h1-2H. The highest BCUT2D eigenvalue weighted by Crippen LogP contribution is 2.43. The Morgan fingerprint density at radius 2 is 1.24 bits per heavy atom. The van der Waals surface area contributed by atoms with Gasteiger partial charge < -0.3 is 0 Å². The smallest absolute Gasteiger partial charge is 0.254 e. The first-order valence-corrected chi connectivity index (χ1v) is 3.78. The molecule has 0 fully saturated rings. The van der Waals surface area contributed by atoms with Crippen molar-refractivity contribution in [2.24, 2.45) is 0 Å². The quantitative estimate of drug-likeness (QED) is 0.628. The van der Waals surface area contributed by atoms with Crippen molar-refractivity contribution in [3.05, 3.63) is 23.5 Å². The van der Waals surface area contributed by atoms with Crippen LogP contribution in [0.4, 0.5) is 39.5 Å². The largest absolute Gasteiger partial charge is 0.488 e. The minimum atomic E-state index is -5.76. The molecule has 98 valence electrons. The first kappa shape index (κ1) is 13.7. The summed E-state index contributed by atoms with van der Waals surface area (Å²) in [6.07, 6.45) is -17.2. The second kappa shape index (κ2) is 3.57. The molecular weight excluding hydrogens is 269 g/mol. The Morgan fingerprint density at radius 1 is 0.765 bits per heavy atom. The van der Waals surface area contributed by atoms with Crippen molar-refractivity contribution in [3.63, 3.8) is 0 Å². The van der Waals surface area contributed by atoms with Gasteiger partial charge in [0.05, 0.1) is 5.56 Å². The van der Waals surface area contributed by atoms with Gasteiger partial charge in [-0.2, -0.15) is 26.3 Å². The Bertz CT molecular complexity index is 373. The van der Waals surface area contributed by atoms with E-state index in [1.165, 1.54) is 0 Å². The van der Waals surface area contributed by atoms with Crippen LogP contribution in [-0.4, -0.2) is 4.57 Å². The van der Waals surface area contributed by atoms with Gasteiger partial charge in [-0.15, -0.1) is 13.2 Å². The van der Waals surface area contributed by atoms with E-state index in [9.17, 15) is 39.5 Å². The van der Waals surface area contributed by atoms with E-state index in [4.69, 9.17) is 0 Å². The molecule has 1 rings (SSSR count). The monoisotopic (exact) mass is 271 g/mol. The topological polar surface area (TPSA) is 4.93 Å². The maximum Gasteiger partial charge on any atom is 0.488 e. The highest BCUT2D eigenvalue weighted by Gasteiger charge is 2.50. The number of hydrogen-bond acceptors (Lipinski definition) is 0. The molecule has 0 saturated carbocycles. The van der Waals surface area contributed by atoms with E-state index in [0.29, 0.717) is 0 Å². The zero-order valence-electron chi connectivity index (χ0n) is 7.50. The minimum Gasteiger partial charge on any atom is -0.254 e. The van der Waals surface area contributed by atoms with Gasteiger partial charge in [0, 0.05) is 6.20 Å². The lowest BCUT2D eigenvalue weighted by atomic mass is 10.2. The zero-order valence-corrected chi connectivity index (χ0v) is 7.50. The minimum absolute atomic E-state index is 0.268. The van der Waals surface area contributed by atoms with Crippen LogP contribution >= 0.6 is 0 Å². The van der Waals surface area contributed by atoms with Crippen LogP contribution in [0.3, 0.4) is 0 Å². The normalized spacial score (nSPS) is 14.2. The van der Waals surface area contributed by atoms with Crippen molar-refractivity contribution in [2.45, 2.75) is 18.7 Å². The molecule has 0 aliphatic rings. The van der Waals surface area contributed by atoms with Crippen LogP contribution in [-0.2, 0) is 18.7 Å². The molecule has 0 aliphatic carbocycles. The number of alkyl halides is 9. The maximum absolute atomic E-state index is 12.2. The molecule has 0 aromatic carbocycles. The summed E-state index contributed by atoms with van der Waals surface area (Å²) in [5.74, 6) is 0. The molecule has 0 bridgehead atoms. The fourth-order valence-electron chi connectivity index (χ4n) is 1.16. The third-order valence-corrected chi connectivity index (χ3v) is 1.73. The molecule has 1 aromatic rings. The molecule has 1 nitrogen and oxygen atoms in total. The van der Waals surface area contributed by atoms with Crippen LogP contribution < -0.4 is 0 Å². The molecule has 0 spiro atoms. The van der Waals surface area contributed by atoms with Crippen molar-refractivity contribution in [2.75, 3.05) is 0 Å². The number of hydrogen-bond donors (Lipinski definition) is 0. The van der Waals surface area contributed by atoms with E-state index in [0.717, 1.165) is 0 Å². The summed E-state index contributed by atoms with van der Waals surface area (Å²) in [5, 5.41) is 0. The number of aromatic nitrogens is 1. The molecule has 0 atom stereocenters. The molecule has 0 N–H and O–H groups in total. The molecule has 1 aromatic heterocycles. The van der Waals surface area contributed by atoms with Crippen LogP contribution in [0.1, 0.15) is 11.3 Å². The average Bonchev–Trinajstić information content (AvgIpc) is 2.42. The third-order valence-electron chi connectivity index (χ3n) is 1.73. The van der Waals surface area contributed by atoms with Crippen LogP contribution in [0, 0.1) is 0 Å². The van der Waals surface area contributed by atoms with Crippen LogP contribution in [0.25, 0.3) is 0 Å². The lowest BCUT2D eigenvalue weighted by Gasteiger charge is -2.17. The van der Waals surface area contributed by atoms with E-state index in [1.807, 2.05) is 0 Å².